The van der Waals surface area contributed by atoms with Gasteiger partial charge in [-0.2, -0.15) is 0 Å². The maximum atomic E-state index is 13.6. The molecule has 0 saturated carbocycles. The maximum absolute atomic E-state index is 13.6. The Morgan fingerprint density at radius 2 is 1.76 bits per heavy atom. The summed E-state index contributed by atoms with van der Waals surface area (Å²) in [5.74, 6) is 0.801. The summed E-state index contributed by atoms with van der Waals surface area (Å²) in [6, 6.07) is 12.9. The SMILES string of the molecule is CCCCCc1ccc(C(=O)N(Cc2ccc(C)cc2)C2CCN(CCC(C)C)CC2)nc1. The van der Waals surface area contributed by atoms with Crippen LogP contribution in [0.2, 0.25) is 0 Å². The number of likely N-dealkylation sites (tertiary alicyclic amines) is 1. The van der Waals surface area contributed by atoms with Crippen LogP contribution in [0, 0.1) is 12.8 Å². The molecule has 0 bridgehead atoms. The van der Waals surface area contributed by atoms with E-state index in [2.05, 4.69) is 72.8 Å². The number of hydrogen-bond acceptors (Lipinski definition) is 3. The van der Waals surface area contributed by atoms with Gasteiger partial charge in [0.2, 0.25) is 0 Å². The molecule has 1 saturated heterocycles. The number of rotatable bonds is 11. The second-order valence-electron chi connectivity index (χ2n) is 10.2. The molecule has 1 aliphatic rings. The molecule has 0 N–H and O–H groups in total. The van der Waals surface area contributed by atoms with Crippen molar-refractivity contribution in [2.45, 2.75) is 85.2 Å². The third-order valence-corrected chi connectivity index (χ3v) is 6.87. The molecule has 3 rings (SSSR count). The standard InChI is InChI=1S/C29H43N3O/c1-5-6-7-8-25-13-14-28(30-21-25)29(33)32(22-26-11-9-24(4)10-12-26)27-16-19-31(20-17-27)18-15-23(2)3/h9-14,21,23,27H,5-8,15-20,22H2,1-4H3. The van der Waals surface area contributed by atoms with Gasteiger partial charge in [-0.15, -0.1) is 0 Å². The summed E-state index contributed by atoms with van der Waals surface area (Å²) in [5, 5.41) is 0. The van der Waals surface area contributed by atoms with Gasteiger partial charge in [0, 0.05) is 31.9 Å². The van der Waals surface area contributed by atoms with Crippen LogP contribution in [-0.4, -0.2) is 46.4 Å². The molecule has 1 amide bonds. The lowest BCUT2D eigenvalue weighted by atomic mass is 10.00. The molecule has 1 aromatic heterocycles. The van der Waals surface area contributed by atoms with Crippen molar-refractivity contribution in [1.82, 2.24) is 14.8 Å². The van der Waals surface area contributed by atoms with E-state index in [1.165, 1.54) is 42.4 Å². The van der Waals surface area contributed by atoms with Crippen molar-refractivity contribution < 1.29 is 4.79 Å². The molecular formula is C29H43N3O. The molecule has 2 aromatic rings. The van der Waals surface area contributed by atoms with E-state index >= 15 is 0 Å². The van der Waals surface area contributed by atoms with Crippen molar-refractivity contribution in [3.8, 4) is 0 Å². The maximum Gasteiger partial charge on any atom is 0.272 e. The van der Waals surface area contributed by atoms with Gasteiger partial charge in [0.15, 0.2) is 0 Å². The molecule has 33 heavy (non-hydrogen) atoms. The van der Waals surface area contributed by atoms with Gasteiger partial charge in [0.05, 0.1) is 0 Å². The van der Waals surface area contributed by atoms with Crippen molar-refractivity contribution in [3.63, 3.8) is 0 Å². The topological polar surface area (TPSA) is 36.4 Å². The van der Waals surface area contributed by atoms with E-state index in [4.69, 9.17) is 0 Å². The zero-order chi connectivity index (χ0) is 23.6. The van der Waals surface area contributed by atoms with Crippen LogP contribution in [-0.2, 0) is 13.0 Å². The quantitative estimate of drug-likeness (QED) is 0.379. The number of aryl methyl sites for hydroxylation is 2. The third kappa shape index (κ3) is 7.96. The number of pyridine rings is 1. The highest BCUT2D eigenvalue weighted by Crippen LogP contribution is 2.22. The molecular weight excluding hydrogens is 406 g/mol. The highest BCUT2D eigenvalue weighted by atomic mass is 16.2. The molecule has 4 nitrogen and oxygen atoms in total. The summed E-state index contributed by atoms with van der Waals surface area (Å²) < 4.78 is 0. The van der Waals surface area contributed by atoms with E-state index < -0.39 is 0 Å². The molecule has 0 aliphatic carbocycles. The van der Waals surface area contributed by atoms with Crippen molar-refractivity contribution in [2.75, 3.05) is 19.6 Å². The number of piperidine rings is 1. The van der Waals surface area contributed by atoms with Crippen LogP contribution in [0.4, 0.5) is 0 Å². The van der Waals surface area contributed by atoms with Crippen LogP contribution in [0.1, 0.15) is 86.5 Å². The molecule has 1 fully saturated rings. The Morgan fingerprint density at radius 1 is 1.06 bits per heavy atom. The molecule has 0 spiro atoms. The Kier molecular flexibility index (Phi) is 9.93. The zero-order valence-corrected chi connectivity index (χ0v) is 21.2. The van der Waals surface area contributed by atoms with Crippen LogP contribution in [0.3, 0.4) is 0 Å². The predicted molar refractivity (Wildman–Crippen MR) is 137 cm³/mol. The van der Waals surface area contributed by atoms with Crippen LogP contribution in [0.15, 0.2) is 42.6 Å². The van der Waals surface area contributed by atoms with Crippen molar-refractivity contribution in [2.24, 2.45) is 5.92 Å². The monoisotopic (exact) mass is 449 g/mol. The minimum absolute atomic E-state index is 0.0660. The van der Waals surface area contributed by atoms with Gasteiger partial charge in [0.25, 0.3) is 5.91 Å². The minimum Gasteiger partial charge on any atom is -0.330 e. The Hall–Kier alpha value is -2.20. The van der Waals surface area contributed by atoms with Crippen LogP contribution in [0.5, 0.6) is 0 Å². The number of nitrogens with zero attached hydrogens (tertiary/aromatic N) is 3. The van der Waals surface area contributed by atoms with Crippen molar-refractivity contribution >= 4 is 5.91 Å². The first-order valence-corrected chi connectivity index (χ1v) is 13.0. The molecule has 0 radical (unpaired) electrons. The molecule has 4 heteroatoms. The van der Waals surface area contributed by atoms with Gasteiger partial charge in [-0.3, -0.25) is 9.78 Å². The smallest absolute Gasteiger partial charge is 0.272 e. The molecule has 1 aromatic carbocycles. The number of amides is 1. The highest BCUT2D eigenvalue weighted by Gasteiger charge is 2.29. The first-order valence-electron chi connectivity index (χ1n) is 13.0. The van der Waals surface area contributed by atoms with E-state index in [0.717, 1.165) is 44.8 Å². The van der Waals surface area contributed by atoms with Gasteiger partial charge in [-0.05, 0) is 68.7 Å². The number of hydrogen-bond donors (Lipinski definition) is 0. The predicted octanol–water partition coefficient (Wildman–Crippen LogP) is 6.28. The van der Waals surface area contributed by atoms with E-state index in [1.54, 1.807) is 0 Å². The van der Waals surface area contributed by atoms with Crippen LogP contribution >= 0.6 is 0 Å². The summed E-state index contributed by atoms with van der Waals surface area (Å²) in [6.45, 7) is 12.8. The summed E-state index contributed by atoms with van der Waals surface area (Å²) in [4.78, 5) is 22.9. The Morgan fingerprint density at radius 3 is 2.36 bits per heavy atom. The van der Waals surface area contributed by atoms with Crippen molar-refractivity contribution in [3.05, 3.63) is 65.0 Å². The van der Waals surface area contributed by atoms with Gasteiger partial charge >= 0.3 is 0 Å². The van der Waals surface area contributed by atoms with Crippen LogP contribution in [0.25, 0.3) is 0 Å². The Bertz CT molecular complexity index is 836. The first kappa shape index (κ1) is 25.4. The van der Waals surface area contributed by atoms with Gasteiger partial charge in [-0.1, -0.05) is 69.5 Å². The first-order chi connectivity index (χ1) is 16.0. The molecule has 0 atom stereocenters. The fourth-order valence-corrected chi connectivity index (χ4v) is 4.58. The number of unbranched alkanes of at least 4 members (excludes halogenated alkanes) is 2. The molecule has 2 heterocycles. The second kappa shape index (κ2) is 12.9. The fraction of sp³-hybridized carbons (Fsp3) is 0.586. The third-order valence-electron chi connectivity index (χ3n) is 6.87. The summed E-state index contributed by atoms with van der Waals surface area (Å²) in [7, 11) is 0. The number of benzene rings is 1. The Labute approximate surface area is 201 Å². The molecule has 1 aliphatic heterocycles. The van der Waals surface area contributed by atoms with Gasteiger partial charge < -0.3 is 9.80 Å². The number of aromatic nitrogens is 1. The normalized spacial score (nSPS) is 15.2. The Balaban J connectivity index is 1.70. The second-order valence-corrected chi connectivity index (χ2v) is 10.2. The summed E-state index contributed by atoms with van der Waals surface area (Å²) in [5.41, 5.74) is 4.23. The fourth-order valence-electron chi connectivity index (χ4n) is 4.58. The highest BCUT2D eigenvalue weighted by molar-refractivity contribution is 5.92. The lowest BCUT2D eigenvalue weighted by Gasteiger charge is -2.38. The average Bonchev–Trinajstić information content (AvgIpc) is 2.83. The minimum atomic E-state index is 0.0660. The lowest BCUT2D eigenvalue weighted by Crippen LogP contribution is -2.47. The average molecular weight is 450 g/mol. The molecule has 180 valence electrons. The summed E-state index contributed by atoms with van der Waals surface area (Å²) >= 11 is 0. The molecule has 0 unspecified atom stereocenters. The zero-order valence-electron chi connectivity index (χ0n) is 21.2. The van der Waals surface area contributed by atoms with Crippen LogP contribution < -0.4 is 0 Å². The van der Waals surface area contributed by atoms with E-state index in [9.17, 15) is 4.79 Å². The van der Waals surface area contributed by atoms with Gasteiger partial charge in [0.1, 0.15) is 5.69 Å². The largest absolute Gasteiger partial charge is 0.330 e. The van der Waals surface area contributed by atoms with E-state index in [0.29, 0.717) is 12.2 Å². The number of carbonyl (C=O) groups excluding carboxylic acids is 1. The van der Waals surface area contributed by atoms with E-state index in [-0.39, 0.29) is 11.9 Å². The number of carbonyl (C=O) groups is 1. The van der Waals surface area contributed by atoms with Crippen molar-refractivity contribution in [1.29, 1.82) is 0 Å². The summed E-state index contributed by atoms with van der Waals surface area (Å²) in [6.07, 6.45) is 9.88. The lowest BCUT2D eigenvalue weighted by molar-refractivity contribution is 0.0540. The van der Waals surface area contributed by atoms with E-state index in [1.807, 2.05) is 12.3 Å². The van der Waals surface area contributed by atoms with Gasteiger partial charge in [-0.25, -0.2) is 0 Å².